The molecule has 0 saturated carbocycles. The van der Waals surface area contributed by atoms with Crippen molar-refractivity contribution in [3.8, 4) is 6.07 Å². The van der Waals surface area contributed by atoms with Crippen molar-refractivity contribution >= 4 is 55.0 Å². The first-order valence-electron chi connectivity index (χ1n) is 10.7. The summed E-state index contributed by atoms with van der Waals surface area (Å²) in [5.41, 5.74) is -9.09. The third kappa shape index (κ3) is 5.83. The average molecular weight is 699 g/mol. The average Bonchev–Trinajstić information content (AvgIpc) is 2.87. The van der Waals surface area contributed by atoms with Crippen LogP contribution in [0.2, 0.25) is 0 Å². The van der Waals surface area contributed by atoms with E-state index in [0.29, 0.717) is 4.90 Å². The molecule has 0 aliphatic rings. The lowest BCUT2D eigenvalue weighted by Gasteiger charge is -2.31. The van der Waals surface area contributed by atoms with Gasteiger partial charge in [0.15, 0.2) is 5.82 Å². The Bertz CT molecular complexity index is 1450. The van der Waals surface area contributed by atoms with Gasteiger partial charge in [-0.25, -0.2) is 8.78 Å². The summed E-state index contributed by atoms with van der Waals surface area (Å²) in [6.45, 7) is -0.852. The molecule has 0 fully saturated rings. The molecular formula is C25H13Br2F8N3O2. The van der Waals surface area contributed by atoms with Crippen LogP contribution in [0.4, 0.5) is 46.5 Å². The molecule has 2 amide bonds. The van der Waals surface area contributed by atoms with E-state index in [0.717, 1.165) is 12.1 Å². The first kappa shape index (κ1) is 31.0. The highest BCUT2D eigenvalue weighted by Gasteiger charge is 2.73. The van der Waals surface area contributed by atoms with Crippen LogP contribution in [0.3, 0.4) is 0 Å². The Morgan fingerprint density at radius 1 is 0.875 bits per heavy atom. The molecule has 0 heterocycles. The first-order chi connectivity index (χ1) is 18.5. The van der Waals surface area contributed by atoms with Gasteiger partial charge in [0.25, 0.3) is 11.8 Å². The quantitative estimate of drug-likeness (QED) is 0.209. The molecule has 0 aromatic heterocycles. The summed E-state index contributed by atoms with van der Waals surface area (Å²) < 4.78 is 108. The van der Waals surface area contributed by atoms with Gasteiger partial charge >= 0.3 is 18.0 Å². The fraction of sp³-hybridized carbons (Fsp3) is 0.160. The van der Waals surface area contributed by atoms with Gasteiger partial charge < -0.3 is 5.32 Å². The molecule has 3 aromatic carbocycles. The van der Waals surface area contributed by atoms with Crippen LogP contribution >= 0.6 is 31.9 Å². The van der Waals surface area contributed by atoms with Crippen LogP contribution in [0.1, 0.15) is 26.3 Å². The zero-order valence-electron chi connectivity index (χ0n) is 19.5. The van der Waals surface area contributed by atoms with Crippen molar-refractivity contribution in [2.75, 3.05) is 16.8 Å². The van der Waals surface area contributed by atoms with Crippen molar-refractivity contribution in [2.24, 2.45) is 0 Å². The molecule has 0 bridgehead atoms. The van der Waals surface area contributed by atoms with Crippen molar-refractivity contribution in [1.29, 1.82) is 5.26 Å². The fourth-order valence-corrected chi connectivity index (χ4v) is 5.17. The lowest BCUT2D eigenvalue weighted by Crippen LogP contribution is -2.50. The molecule has 0 spiro atoms. The second kappa shape index (κ2) is 11.5. The number of anilines is 2. The van der Waals surface area contributed by atoms with Crippen molar-refractivity contribution in [2.45, 2.75) is 18.0 Å². The Balaban J connectivity index is 2.07. The number of halogens is 10. The highest BCUT2D eigenvalue weighted by molar-refractivity contribution is 9.11. The lowest BCUT2D eigenvalue weighted by molar-refractivity contribution is -0.348. The summed E-state index contributed by atoms with van der Waals surface area (Å²) in [6, 6.07) is 12.9. The van der Waals surface area contributed by atoms with Crippen LogP contribution in [0.5, 0.6) is 0 Å². The van der Waals surface area contributed by atoms with Crippen LogP contribution in [0.25, 0.3) is 0 Å². The maximum atomic E-state index is 15.3. The molecule has 0 radical (unpaired) electrons. The van der Waals surface area contributed by atoms with Crippen molar-refractivity contribution in [1.82, 2.24) is 0 Å². The lowest BCUT2D eigenvalue weighted by atomic mass is 9.94. The summed E-state index contributed by atoms with van der Waals surface area (Å²) in [7, 11) is 0. The van der Waals surface area contributed by atoms with Crippen LogP contribution in [0.15, 0.2) is 69.6 Å². The smallest absolute Gasteiger partial charge is 0.319 e. The number of hydrogen-bond donors (Lipinski definition) is 1. The summed E-state index contributed by atoms with van der Waals surface area (Å²) in [5.74, 6) is -3.20. The normalized spacial score (nSPS) is 12.0. The standard InChI is InChI=1S/C25H13Br2F8N3O2/c26-16-11-14(23(29,24(30,31)32)25(33,34)35)12-17(27)20(16)38(10-9-36)22(40)15-7-4-8-18(19(15)28)37-21(39)13-5-2-1-3-6-13/h1-8,11-12H,10H2,(H,37,39). The predicted molar refractivity (Wildman–Crippen MR) is 135 cm³/mol. The van der Waals surface area contributed by atoms with E-state index in [4.69, 9.17) is 0 Å². The molecule has 0 atom stereocenters. The molecule has 0 aliphatic heterocycles. The van der Waals surface area contributed by atoms with E-state index in [9.17, 15) is 45.6 Å². The number of benzene rings is 3. The minimum Gasteiger partial charge on any atom is -0.319 e. The monoisotopic (exact) mass is 697 g/mol. The van der Waals surface area contributed by atoms with Gasteiger partial charge in [-0.05, 0) is 68.3 Å². The molecule has 0 saturated heterocycles. The molecule has 15 heteroatoms. The highest BCUT2D eigenvalue weighted by atomic mass is 79.9. The minimum absolute atomic E-state index is 0.158. The van der Waals surface area contributed by atoms with Gasteiger partial charge in [-0.15, -0.1) is 0 Å². The number of amides is 2. The Hall–Kier alpha value is -3.51. The summed E-state index contributed by atoms with van der Waals surface area (Å²) in [6.07, 6.45) is -12.8. The number of nitriles is 1. The number of nitrogens with zero attached hydrogens (tertiary/aromatic N) is 2. The maximum Gasteiger partial charge on any atom is 0.435 e. The second-order valence-electron chi connectivity index (χ2n) is 7.98. The SMILES string of the molecule is N#CCN(C(=O)c1cccc(NC(=O)c2ccccc2)c1F)c1c(Br)cc(C(F)(C(F)(F)F)C(F)(F)F)cc1Br. The zero-order chi connectivity index (χ0) is 30.0. The zero-order valence-corrected chi connectivity index (χ0v) is 22.6. The third-order valence-corrected chi connectivity index (χ3v) is 6.66. The maximum absolute atomic E-state index is 15.3. The van der Waals surface area contributed by atoms with Crippen molar-refractivity contribution < 1.29 is 44.7 Å². The molecule has 40 heavy (non-hydrogen) atoms. The van der Waals surface area contributed by atoms with Gasteiger partial charge in [0.2, 0.25) is 0 Å². The number of nitrogens with one attached hydrogen (secondary N) is 1. The van der Waals surface area contributed by atoms with Gasteiger partial charge in [0.1, 0.15) is 6.54 Å². The topological polar surface area (TPSA) is 73.2 Å². The highest BCUT2D eigenvalue weighted by Crippen LogP contribution is 2.54. The first-order valence-corrected chi connectivity index (χ1v) is 12.3. The van der Waals surface area contributed by atoms with E-state index in [1.807, 2.05) is 0 Å². The molecule has 3 rings (SSSR count). The van der Waals surface area contributed by atoms with Gasteiger partial charge in [-0.3, -0.25) is 14.5 Å². The summed E-state index contributed by atoms with van der Waals surface area (Å²) in [5, 5.41) is 11.5. The predicted octanol–water partition coefficient (Wildman–Crippen LogP) is 8.06. The van der Waals surface area contributed by atoms with Crippen LogP contribution in [0, 0.1) is 17.1 Å². The second-order valence-corrected chi connectivity index (χ2v) is 9.69. The Labute approximate surface area is 237 Å². The number of carbonyl (C=O) groups excluding carboxylic acids is 2. The summed E-state index contributed by atoms with van der Waals surface area (Å²) >= 11 is 5.48. The van der Waals surface area contributed by atoms with E-state index in [-0.39, 0.29) is 17.7 Å². The Morgan fingerprint density at radius 3 is 1.93 bits per heavy atom. The largest absolute Gasteiger partial charge is 0.435 e. The van der Waals surface area contributed by atoms with Gasteiger partial charge in [0.05, 0.1) is 23.0 Å². The van der Waals surface area contributed by atoms with E-state index < -0.39 is 73.6 Å². The number of alkyl halides is 7. The van der Waals surface area contributed by atoms with Gasteiger partial charge in [-0.1, -0.05) is 24.3 Å². The number of rotatable bonds is 6. The van der Waals surface area contributed by atoms with Crippen molar-refractivity contribution in [3.05, 3.63) is 92.1 Å². The van der Waals surface area contributed by atoms with Gasteiger partial charge in [-0.2, -0.15) is 31.6 Å². The summed E-state index contributed by atoms with van der Waals surface area (Å²) in [4.78, 5) is 26.3. The molecule has 0 aliphatic carbocycles. The molecule has 1 N–H and O–H groups in total. The molecular weight excluding hydrogens is 686 g/mol. The third-order valence-electron chi connectivity index (χ3n) is 5.45. The van der Waals surface area contributed by atoms with E-state index in [1.165, 1.54) is 18.2 Å². The van der Waals surface area contributed by atoms with E-state index >= 15 is 4.39 Å². The molecule has 0 unspecified atom stereocenters. The minimum atomic E-state index is -6.40. The molecule has 210 valence electrons. The number of hydrogen-bond acceptors (Lipinski definition) is 3. The van der Waals surface area contributed by atoms with Crippen LogP contribution < -0.4 is 10.2 Å². The fourth-order valence-electron chi connectivity index (χ4n) is 3.56. The van der Waals surface area contributed by atoms with Crippen LogP contribution in [-0.2, 0) is 5.67 Å². The van der Waals surface area contributed by atoms with E-state index in [1.54, 1.807) is 24.3 Å². The Morgan fingerprint density at radius 2 is 1.43 bits per heavy atom. The number of carbonyl (C=O) groups is 2. The van der Waals surface area contributed by atoms with Gasteiger partial charge in [0, 0.05) is 20.1 Å². The van der Waals surface area contributed by atoms with E-state index in [2.05, 4.69) is 37.2 Å². The van der Waals surface area contributed by atoms with Crippen LogP contribution in [-0.4, -0.2) is 30.7 Å². The Kier molecular flexibility index (Phi) is 8.95. The molecule has 3 aromatic rings. The molecule has 5 nitrogen and oxygen atoms in total. The van der Waals surface area contributed by atoms with Crippen molar-refractivity contribution in [3.63, 3.8) is 0 Å².